The van der Waals surface area contributed by atoms with Gasteiger partial charge in [0.15, 0.2) is 5.11 Å². The molecule has 1 aliphatic rings. The topological polar surface area (TPSA) is 115 Å². The third-order valence-corrected chi connectivity index (χ3v) is 7.87. The molecule has 0 saturated carbocycles. The first-order valence-corrected chi connectivity index (χ1v) is 13.9. The monoisotopic (exact) mass is 584 g/mol. The van der Waals surface area contributed by atoms with Crippen molar-refractivity contribution in [3.63, 3.8) is 0 Å². The van der Waals surface area contributed by atoms with Gasteiger partial charge in [0.1, 0.15) is 5.75 Å². The number of aromatic nitrogens is 2. The van der Waals surface area contributed by atoms with Gasteiger partial charge < -0.3 is 24.8 Å². The van der Waals surface area contributed by atoms with E-state index in [-0.39, 0.29) is 30.1 Å². The average Bonchev–Trinajstić information content (AvgIpc) is 3.47. The van der Waals surface area contributed by atoms with Crippen LogP contribution in [0, 0.1) is 30.9 Å². The fourth-order valence-corrected chi connectivity index (χ4v) is 5.82. The number of nitrogens with one attached hydrogen (secondary N) is 2. The Morgan fingerprint density at radius 2 is 1.88 bits per heavy atom. The molecule has 10 nitrogen and oxygen atoms in total. The second-order valence-corrected chi connectivity index (χ2v) is 10.6. The maximum absolute atomic E-state index is 12.9. The standard InChI is InChI=1S/C31H32N6O4S/c1-19-8-10-22(11-9-19)33-28(38)14-16-35-30(29(34-31(35)42)25-7-5-6-15-32-25)24-17-20(2)36(21(24)3)26-13-12-23(37(39)40)18-27(26)41-4/h5-13,15,17-18,29-30H,14,16H2,1-4H3,(H,33,38)(H,34,42)/t29-,30+/m1/s1. The quantitative estimate of drug-likeness (QED) is 0.146. The highest BCUT2D eigenvalue weighted by atomic mass is 32.1. The number of nitro benzene ring substituents is 1. The van der Waals surface area contributed by atoms with Crippen LogP contribution in [0.5, 0.6) is 5.75 Å². The summed E-state index contributed by atoms with van der Waals surface area (Å²) in [6.07, 6.45) is 1.98. The van der Waals surface area contributed by atoms with Crippen LogP contribution in [0.4, 0.5) is 11.4 Å². The molecule has 1 amide bonds. The van der Waals surface area contributed by atoms with E-state index in [9.17, 15) is 14.9 Å². The molecular formula is C31H32N6O4S. The van der Waals surface area contributed by atoms with Crippen molar-refractivity contribution in [2.75, 3.05) is 19.0 Å². The van der Waals surface area contributed by atoms with Crippen LogP contribution < -0.4 is 15.4 Å². The summed E-state index contributed by atoms with van der Waals surface area (Å²) in [4.78, 5) is 30.5. The van der Waals surface area contributed by atoms with Gasteiger partial charge in [0, 0.05) is 42.3 Å². The van der Waals surface area contributed by atoms with Gasteiger partial charge >= 0.3 is 0 Å². The molecule has 1 saturated heterocycles. The van der Waals surface area contributed by atoms with Crippen LogP contribution in [0.25, 0.3) is 5.69 Å². The Bertz CT molecular complexity index is 1640. The number of pyridine rings is 1. The fraction of sp³-hybridized carbons (Fsp3) is 0.258. The summed E-state index contributed by atoms with van der Waals surface area (Å²) in [5.41, 5.74) is 6.18. The van der Waals surface area contributed by atoms with Crippen LogP contribution in [0.1, 0.15) is 46.7 Å². The third kappa shape index (κ3) is 5.68. The van der Waals surface area contributed by atoms with Crippen LogP contribution >= 0.6 is 12.2 Å². The minimum Gasteiger partial charge on any atom is -0.494 e. The van der Waals surface area contributed by atoms with E-state index >= 15 is 0 Å². The lowest BCUT2D eigenvalue weighted by Gasteiger charge is -2.28. The minimum atomic E-state index is -0.442. The number of hydrogen-bond donors (Lipinski definition) is 2. The van der Waals surface area contributed by atoms with Gasteiger partial charge in [-0.1, -0.05) is 23.8 Å². The Morgan fingerprint density at radius 1 is 1.12 bits per heavy atom. The second kappa shape index (κ2) is 12.0. The third-order valence-electron chi connectivity index (χ3n) is 7.52. The van der Waals surface area contributed by atoms with E-state index < -0.39 is 4.92 Å². The summed E-state index contributed by atoms with van der Waals surface area (Å²) in [6.45, 7) is 6.37. The van der Waals surface area contributed by atoms with E-state index in [1.54, 1.807) is 12.3 Å². The number of carbonyl (C=O) groups excluding carboxylic acids is 1. The molecule has 1 fully saturated rings. The van der Waals surface area contributed by atoms with Crippen molar-refractivity contribution < 1.29 is 14.5 Å². The number of non-ortho nitro benzene ring substituents is 1. The molecule has 2 aromatic heterocycles. The SMILES string of the molecule is COc1cc([N+](=O)[O-])ccc1-n1c(C)cc([C@H]2[C@@H](c3ccccn3)NC(=S)N2CCC(=O)Nc2ccc(C)cc2)c1C. The van der Waals surface area contributed by atoms with Gasteiger partial charge in [-0.2, -0.15) is 0 Å². The molecule has 0 radical (unpaired) electrons. The lowest BCUT2D eigenvalue weighted by Crippen LogP contribution is -2.32. The van der Waals surface area contributed by atoms with E-state index in [4.69, 9.17) is 17.0 Å². The zero-order chi connectivity index (χ0) is 30.0. The first kappa shape index (κ1) is 28.7. The number of methoxy groups -OCH3 is 1. The average molecular weight is 585 g/mol. The number of thiocarbonyl (C=S) groups is 1. The molecule has 0 spiro atoms. The zero-order valence-corrected chi connectivity index (χ0v) is 24.6. The van der Waals surface area contributed by atoms with E-state index in [0.717, 1.165) is 33.9 Å². The summed E-state index contributed by atoms with van der Waals surface area (Å²) in [5.74, 6) is 0.284. The van der Waals surface area contributed by atoms with Gasteiger partial charge in [0.25, 0.3) is 5.69 Å². The molecule has 0 bridgehead atoms. The number of amides is 1. The molecule has 2 aromatic carbocycles. The highest BCUT2D eigenvalue weighted by Crippen LogP contribution is 2.42. The summed E-state index contributed by atoms with van der Waals surface area (Å²) in [6, 6.07) is 19.6. The van der Waals surface area contributed by atoms with E-state index in [2.05, 4.69) is 21.7 Å². The van der Waals surface area contributed by atoms with Gasteiger partial charge in [0.2, 0.25) is 5.91 Å². The van der Waals surface area contributed by atoms with E-state index in [1.165, 1.54) is 19.2 Å². The summed E-state index contributed by atoms with van der Waals surface area (Å²) in [7, 11) is 1.50. The lowest BCUT2D eigenvalue weighted by molar-refractivity contribution is -0.384. The number of hydrogen-bond acceptors (Lipinski definition) is 6. The maximum atomic E-state index is 12.9. The van der Waals surface area contributed by atoms with Crippen LogP contribution in [0.2, 0.25) is 0 Å². The molecule has 11 heteroatoms. The highest BCUT2D eigenvalue weighted by molar-refractivity contribution is 7.80. The van der Waals surface area contributed by atoms with Crippen LogP contribution in [-0.4, -0.2) is 44.0 Å². The fourth-order valence-electron chi connectivity index (χ4n) is 5.49. The molecule has 3 heterocycles. The van der Waals surface area contributed by atoms with Crippen molar-refractivity contribution in [2.24, 2.45) is 0 Å². The molecule has 2 atom stereocenters. The van der Waals surface area contributed by atoms with Crippen molar-refractivity contribution in [1.29, 1.82) is 0 Å². The normalized spacial score (nSPS) is 16.3. The van der Waals surface area contributed by atoms with Crippen molar-refractivity contribution in [3.8, 4) is 11.4 Å². The lowest BCUT2D eigenvalue weighted by atomic mass is 9.96. The Kier molecular flexibility index (Phi) is 8.21. The number of carbonyl (C=O) groups is 1. The van der Waals surface area contributed by atoms with Crippen molar-refractivity contribution in [1.82, 2.24) is 19.8 Å². The first-order chi connectivity index (χ1) is 20.2. The van der Waals surface area contributed by atoms with Crippen molar-refractivity contribution >= 4 is 34.6 Å². The number of anilines is 1. The Morgan fingerprint density at radius 3 is 2.55 bits per heavy atom. The highest BCUT2D eigenvalue weighted by Gasteiger charge is 2.41. The van der Waals surface area contributed by atoms with Gasteiger partial charge in [-0.25, -0.2) is 0 Å². The first-order valence-electron chi connectivity index (χ1n) is 13.5. The largest absolute Gasteiger partial charge is 0.494 e. The second-order valence-electron chi connectivity index (χ2n) is 10.3. The minimum absolute atomic E-state index is 0.0473. The van der Waals surface area contributed by atoms with Gasteiger partial charge in [-0.05, 0) is 75.0 Å². The zero-order valence-electron chi connectivity index (χ0n) is 23.8. The molecule has 216 valence electrons. The van der Waals surface area contributed by atoms with E-state index in [1.807, 2.05) is 72.7 Å². The number of benzene rings is 2. The number of nitrogens with zero attached hydrogens (tertiary/aromatic N) is 4. The van der Waals surface area contributed by atoms with Crippen molar-refractivity contribution in [2.45, 2.75) is 39.3 Å². The maximum Gasteiger partial charge on any atom is 0.273 e. The molecule has 0 unspecified atom stereocenters. The molecule has 2 N–H and O–H groups in total. The molecule has 0 aliphatic carbocycles. The Labute approximate surface area is 249 Å². The van der Waals surface area contributed by atoms with Crippen molar-refractivity contribution in [3.05, 3.63) is 111 Å². The predicted molar refractivity (Wildman–Crippen MR) is 165 cm³/mol. The van der Waals surface area contributed by atoms with Crippen LogP contribution in [-0.2, 0) is 4.79 Å². The Hall–Kier alpha value is -4.77. The molecule has 5 rings (SSSR count). The Balaban J connectivity index is 1.50. The summed E-state index contributed by atoms with van der Waals surface area (Å²) in [5, 5.41) is 18.3. The summed E-state index contributed by atoms with van der Waals surface area (Å²) < 4.78 is 7.59. The molecular weight excluding hydrogens is 552 g/mol. The predicted octanol–water partition coefficient (Wildman–Crippen LogP) is 5.72. The van der Waals surface area contributed by atoms with E-state index in [0.29, 0.717) is 23.1 Å². The molecule has 42 heavy (non-hydrogen) atoms. The molecule has 1 aliphatic heterocycles. The number of aryl methyl sites for hydroxylation is 2. The summed E-state index contributed by atoms with van der Waals surface area (Å²) >= 11 is 5.81. The number of nitro groups is 1. The van der Waals surface area contributed by atoms with Crippen LogP contribution in [0.15, 0.2) is 72.9 Å². The number of ether oxygens (including phenoxy) is 1. The van der Waals surface area contributed by atoms with Gasteiger partial charge in [-0.15, -0.1) is 0 Å². The molecule has 4 aromatic rings. The van der Waals surface area contributed by atoms with Gasteiger partial charge in [-0.3, -0.25) is 19.9 Å². The smallest absolute Gasteiger partial charge is 0.273 e. The van der Waals surface area contributed by atoms with Crippen LogP contribution in [0.3, 0.4) is 0 Å². The van der Waals surface area contributed by atoms with Gasteiger partial charge in [0.05, 0.1) is 41.6 Å². The number of rotatable bonds is 9.